The highest BCUT2D eigenvalue weighted by molar-refractivity contribution is 5.36. The third-order valence-electron chi connectivity index (χ3n) is 1.43. The first kappa shape index (κ1) is 9.53. The Kier molecular flexibility index (Phi) is 2.86. The fraction of sp³-hybridized carbons (Fsp3) is 0.300. The molecule has 0 fully saturated rings. The molecule has 0 aliphatic heterocycles. The first-order valence-corrected chi connectivity index (χ1v) is 4.00. The van der Waals surface area contributed by atoms with Gasteiger partial charge in [0.15, 0.2) is 0 Å². The summed E-state index contributed by atoms with van der Waals surface area (Å²) in [5.41, 5.74) is 0.0381. The number of halogens is 1. The van der Waals surface area contributed by atoms with Gasteiger partial charge in [-0.3, -0.25) is 0 Å². The highest BCUT2D eigenvalue weighted by Crippen LogP contribution is 2.16. The fourth-order valence-electron chi connectivity index (χ4n) is 0.932. The summed E-state index contributed by atoms with van der Waals surface area (Å²) >= 11 is 0. The molecule has 0 amide bonds. The topological polar surface area (TPSA) is 33.0 Å². The van der Waals surface area contributed by atoms with Crippen LogP contribution in [-0.2, 0) is 0 Å². The molecule has 0 saturated carbocycles. The first-order chi connectivity index (χ1) is 6.13. The van der Waals surface area contributed by atoms with E-state index in [1.807, 2.05) is 13.8 Å². The summed E-state index contributed by atoms with van der Waals surface area (Å²) in [6.45, 7) is 3.71. The highest BCUT2D eigenvalue weighted by atomic mass is 19.1. The summed E-state index contributed by atoms with van der Waals surface area (Å²) in [4.78, 5) is 0. The molecule has 0 aliphatic carbocycles. The van der Waals surface area contributed by atoms with Crippen molar-refractivity contribution in [2.45, 2.75) is 20.0 Å². The predicted molar refractivity (Wildman–Crippen MR) is 46.9 cm³/mol. The van der Waals surface area contributed by atoms with E-state index in [0.717, 1.165) is 0 Å². The van der Waals surface area contributed by atoms with Gasteiger partial charge < -0.3 is 4.74 Å². The van der Waals surface area contributed by atoms with Crippen molar-refractivity contribution in [2.75, 3.05) is 0 Å². The molecule has 2 nitrogen and oxygen atoms in total. The molecule has 0 saturated heterocycles. The van der Waals surface area contributed by atoms with E-state index in [1.54, 1.807) is 12.1 Å². The van der Waals surface area contributed by atoms with Crippen molar-refractivity contribution in [3.63, 3.8) is 0 Å². The number of hydrogen-bond donors (Lipinski definition) is 0. The number of ether oxygens (including phenoxy) is 1. The Labute approximate surface area is 76.6 Å². The van der Waals surface area contributed by atoms with Gasteiger partial charge >= 0.3 is 0 Å². The zero-order chi connectivity index (χ0) is 9.84. The SMILES string of the molecule is CC(C)Oc1ccc(C#N)c(F)c1. The number of hydrogen-bond acceptors (Lipinski definition) is 2. The van der Waals surface area contributed by atoms with Crippen molar-refractivity contribution in [3.8, 4) is 11.8 Å². The summed E-state index contributed by atoms with van der Waals surface area (Å²) in [6, 6.07) is 5.96. The van der Waals surface area contributed by atoms with Crippen molar-refractivity contribution in [3.05, 3.63) is 29.6 Å². The summed E-state index contributed by atoms with van der Waals surface area (Å²) < 4.78 is 18.2. The standard InChI is InChI=1S/C10H10FNO/c1-7(2)13-9-4-3-8(6-12)10(11)5-9/h3-5,7H,1-2H3. The largest absolute Gasteiger partial charge is 0.491 e. The lowest BCUT2D eigenvalue weighted by Crippen LogP contribution is -2.05. The second-order valence-corrected chi connectivity index (χ2v) is 2.92. The zero-order valence-corrected chi connectivity index (χ0v) is 7.54. The van der Waals surface area contributed by atoms with E-state index >= 15 is 0 Å². The van der Waals surface area contributed by atoms with Gasteiger partial charge in [0.05, 0.1) is 11.7 Å². The average Bonchev–Trinajstić information content (AvgIpc) is 2.03. The number of nitrogens with zero attached hydrogens (tertiary/aromatic N) is 1. The van der Waals surface area contributed by atoms with Gasteiger partial charge in [-0.25, -0.2) is 4.39 Å². The predicted octanol–water partition coefficient (Wildman–Crippen LogP) is 2.48. The van der Waals surface area contributed by atoms with Gasteiger partial charge in [0, 0.05) is 6.07 Å². The molecule has 0 unspecified atom stereocenters. The van der Waals surface area contributed by atoms with Crippen molar-refractivity contribution in [2.24, 2.45) is 0 Å². The van der Waals surface area contributed by atoms with Gasteiger partial charge in [0.2, 0.25) is 0 Å². The van der Waals surface area contributed by atoms with Gasteiger partial charge in [0.25, 0.3) is 0 Å². The van der Waals surface area contributed by atoms with E-state index in [2.05, 4.69) is 0 Å². The maximum Gasteiger partial charge on any atom is 0.144 e. The maximum atomic E-state index is 13.0. The normalized spacial score (nSPS) is 9.77. The van der Waals surface area contributed by atoms with Crippen molar-refractivity contribution >= 4 is 0 Å². The molecule has 0 aliphatic rings. The quantitative estimate of drug-likeness (QED) is 0.698. The van der Waals surface area contributed by atoms with Gasteiger partial charge in [-0.1, -0.05) is 0 Å². The molecule has 0 heterocycles. The minimum atomic E-state index is -0.541. The molecule has 0 radical (unpaired) electrons. The Hall–Kier alpha value is -1.56. The van der Waals surface area contributed by atoms with Crippen molar-refractivity contribution in [1.82, 2.24) is 0 Å². The molecule has 13 heavy (non-hydrogen) atoms. The third-order valence-corrected chi connectivity index (χ3v) is 1.43. The highest BCUT2D eigenvalue weighted by Gasteiger charge is 2.03. The van der Waals surface area contributed by atoms with E-state index in [0.29, 0.717) is 5.75 Å². The molecular weight excluding hydrogens is 169 g/mol. The van der Waals surface area contributed by atoms with E-state index in [-0.39, 0.29) is 11.7 Å². The van der Waals surface area contributed by atoms with Crippen LogP contribution in [0, 0.1) is 17.1 Å². The second kappa shape index (κ2) is 3.90. The number of rotatable bonds is 2. The molecule has 1 rings (SSSR count). The van der Waals surface area contributed by atoms with E-state index < -0.39 is 5.82 Å². The molecule has 68 valence electrons. The Bertz CT molecular complexity index is 341. The molecule has 0 spiro atoms. The molecule has 0 atom stereocenters. The van der Waals surface area contributed by atoms with Crippen LogP contribution >= 0.6 is 0 Å². The molecule has 3 heteroatoms. The molecule has 1 aromatic carbocycles. The minimum absolute atomic E-state index is 0.00679. The molecule has 1 aromatic rings. The van der Waals surface area contributed by atoms with Gasteiger partial charge in [-0.2, -0.15) is 5.26 Å². The number of nitriles is 1. The Morgan fingerprint density at radius 2 is 2.15 bits per heavy atom. The lowest BCUT2D eigenvalue weighted by molar-refractivity contribution is 0.241. The van der Waals surface area contributed by atoms with Crippen LogP contribution in [0.4, 0.5) is 4.39 Å². The Morgan fingerprint density at radius 1 is 1.46 bits per heavy atom. The lowest BCUT2D eigenvalue weighted by Gasteiger charge is -2.09. The Balaban J connectivity index is 2.91. The smallest absolute Gasteiger partial charge is 0.144 e. The van der Waals surface area contributed by atoms with Crippen molar-refractivity contribution < 1.29 is 9.13 Å². The lowest BCUT2D eigenvalue weighted by atomic mass is 10.2. The van der Waals surface area contributed by atoms with Crippen LogP contribution < -0.4 is 4.74 Å². The van der Waals surface area contributed by atoms with Crippen LogP contribution in [0.25, 0.3) is 0 Å². The molecular formula is C10H10FNO. The summed E-state index contributed by atoms with van der Waals surface area (Å²) in [5, 5.41) is 8.46. The van der Waals surface area contributed by atoms with Crippen LogP contribution in [0.2, 0.25) is 0 Å². The van der Waals surface area contributed by atoms with Crippen LogP contribution in [0.15, 0.2) is 18.2 Å². The Morgan fingerprint density at radius 3 is 2.62 bits per heavy atom. The summed E-state index contributed by atoms with van der Waals surface area (Å²) in [7, 11) is 0. The molecule has 0 aromatic heterocycles. The van der Waals surface area contributed by atoms with Gasteiger partial charge in [-0.15, -0.1) is 0 Å². The molecule has 0 N–H and O–H groups in total. The zero-order valence-electron chi connectivity index (χ0n) is 7.54. The van der Waals surface area contributed by atoms with Crippen LogP contribution in [0.3, 0.4) is 0 Å². The van der Waals surface area contributed by atoms with Crippen LogP contribution in [-0.4, -0.2) is 6.10 Å². The second-order valence-electron chi connectivity index (χ2n) is 2.92. The minimum Gasteiger partial charge on any atom is -0.491 e. The van der Waals surface area contributed by atoms with E-state index in [9.17, 15) is 4.39 Å². The van der Waals surface area contributed by atoms with Crippen LogP contribution in [0.1, 0.15) is 19.4 Å². The van der Waals surface area contributed by atoms with Crippen LogP contribution in [0.5, 0.6) is 5.75 Å². The van der Waals surface area contributed by atoms with Crippen molar-refractivity contribution in [1.29, 1.82) is 5.26 Å². The fourth-order valence-corrected chi connectivity index (χ4v) is 0.932. The van der Waals surface area contributed by atoms with Gasteiger partial charge in [0.1, 0.15) is 17.6 Å². The van der Waals surface area contributed by atoms with E-state index in [1.165, 1.54) is 12.1 Å². The summed E-state index contributed by atoms with van der Waals surface area (Å²) in [5.74, 6) is -0.0906. The summed E-state index contributed by atoms with van der Waals surface area (Å²) in [6.07, 6.45) is 0.00679. The van der Waals surface area contributed by atoms with E-state index in [4.69, 9.17) is 10.00 Å². The van der Waals surface area contributed by atoms with Gasteiger partial charge in [-0.05, 0) is 26.0 Å². The monoisotopic (exact) mass is 179 g/mol. The molecule has 0 bridgehead atoms. The average molecular weight is 179 g/mol. The third kappa shape index (κ3) is 2.45. The first-order valence-electron chi connectivity index (χ1n) is 4.00. The maximum absolute atomic E-state index is 13.0. The number of benzene rings is 1.